The number of aliphatic hydroxyl groups is 3. The third-order valence-corrected chi connectivity index (χ3v) is 7.16. The first-order valence-electron chi connectivity index (χ1n) is 9.25. The number of carbonyl (C=O) groups is 1. The summed E-state index contributed by atoms with van der Waals surface area (Å²) in [5.41, 5.74) is -0.606. The lowest BCUT2D eigenvalue weighted by atomic mass is 9.44. The molecule has 3 N–H and O–H groups in total. The third-order valence-electron chi connectivity index (χ3n) is 7.16. The van der Waals surface area contributed by atoms with E-state index in [4.69, 9.17) is 5.11 Å². The van der Waals surface area contributed by atoms with Gasteiger partial charge in [-0.2, -0.15) is 0 Å². The van der Waals surface area contributed by atoms with Gasteiger partial charge >= 0.3 is 0 Å². The quantitative estimate of drug-likeness (QED) is 0.674. The van der Waals surface area contributed by atoms with Gasteiger partial charge in [0.2, 0.25) is 0 Å². The Morgan fingerprint density at radius 1 is 1.25 bits per heavy atom. The van der Waals surface area contributed by atoms with Crippen molar-refractivity contribution in [3.05, 3.63) is 11.6 Å². The summed E-state index contributed by atoms with van der Waals surface area (Å²) in [7, 11) is 0. The molecule has 0 aliphatic heterocycles. The molecule has 2 fully saturated rings. The molecule has 2 aliphatic carbocycles. The summed E-state index contributed by atoms with van der Waals surface area (Å²) in [6.07, 6.45) is 6.61. The molecular weight excluding hydrogens is 304 g/mol. The van der Waals surface area contributed by atoms with E-state index >= 15 is 0 Å². The van der Waals surface area contributed by atoms with Crippen LogP contribution in [0, 0.1) is 22.7 Å². The average molecular weight is 338 g/mol. The van der Waals surface area contributed by atoms with Crippen LogP contribution < -0.4 is 0 Å². The molecule has 5 unspecified atom stereocenters. The van der Waals surface area contributed by atoms with Crippen molar-refractivity contribution in [3.63, 3.8) is 0 Å². The van der Waals surface area contributed by atoms with Crippen LogP contribution in [0.3, 0.4) is 0 Å². The highest BCUT2D eigenvalue weighted by molar-refractivity contribution is 5.88. The minimum atomic E-state index is -1.31. The molecule has 0 aromatic heterocycles. The van der Waals surface area contributed by atoms with Gasteiger partial charge in [-0.15, -0.1) is 0 Å². The summed E-state index contributed by atoms with van der Waals surface area (Å²) in [5, 5.41) is 30.0. The fourth-order valence-electron chi connectivity index (χ4n) is 5.57. The predicted octanol–water partition coefficient (Wildman–Crippen LogP) is 2.85. The van der Waals surface area contributed by atoms with Crippen LogP contribution in [0.25, 0.3) is 0 Å². The van der Waals surface area contributed by atoms with Crippen molar-refractivity contribution in [2.45, 2.75) is 71.8 Å². The zero-order valence-electron chi connectivity index (χ0n) is 15.6. The normalized spacial score (nSPS) is 43.6. The Morgan fingerprint density at radius 2 is 1.92 bits per heavy atom. The molecule has 2 aliphatic rings. The Labute approximate surface area is 146 Å². The van der Waals surface area contributed by atoms with Crippen molar-refractivity contribution in [2.24, 2.45) is 22.7 Å². The predicted molar refractivity (Wildman–Crippen MR) is 94.5 cm³/mol. The summed E-state index contributed by atoms with van der Waals surface area (Å²) in [6.45, 7) is 8.08. The highest BCUT2D eigenvalue weighted by Gasteiger charge is 2.61. The number of carbonyl (C=O) groups excluding carboxylic acids is 1. The second-order valence-corrected chi connectivity index (χ2v) is 8.82. The highest BCUT2D eigenvalue weighted by Crippen LogP contribution is 2.62. The Hall–Kier alpha value is -0.710. The molecular formula is C20H34O4. The molecule has 4 nitrogen and oxygen atoms in total. The zero-order chi connectivity index (χ0) is 18.2. The maximum atomic E-state index is 12.7. The number of aliphatic hydroxyl groups excluding tert-OH is 2. The number of Topliss-reactive ketones (excluding diaryl/α,β-unsaturated/α-hetero) is 1. The molecule has 2 saturated carbocycles. The SMILES string of the molecule is CC(=CCO)CCC1C(C)(O)C(=O)CC2C(C)(CO)CCCC21C. The third kappa shape index (κ3) is 3.21. The van der Waals surface area contributed by atoms with Crippen LogP contribution in [0.2, 0.25) is 0 Å². The van der Waals surface area contributed by atoms with Crippen molar-refractivity contribution in [3.8, 4) is 0 Å². The van der Waals surface area contributed by atoms with Crippen LogP contribution in [0.4, 0.5) is 0 Å². The number of hydrogen-bond acceptors (Lipinski definition) is 4. The van der Waals surface area contributed by atoms with Crippen LogP contribution in [0.1, 0.15) is 66.2 Å². The number of fused-ring (bicyclic) bond motifs is 1. The van der Waals surface area contributed by atoms with E-state index in [-0.39, 0.29) is 41.7 Å². The van der Waals surface area contributed by atoms with Gasteiger partial charge in [0.1, 0.15) is 5.60 Å². The fraction of sp³-hybridized carbons (Fsp3) is 0.850. The number of allylic oxidation sites excluding steroid dienone is 1. The van der Waals surface area contributed by atoms with E-state index in [2.05, 4.69) is 13.8 Å². The largest absolute Gasteiger partial charge is 0.396 e. The monoisotopic (exact) mass is 338 g/mol. The standard InChI is InChI=1S/C20H34O4/c1-14(8-11-21)6-7-15-19(3)10-5-9-18(2,13-22)16(19)12-17(23)20(15,4)24/h8,15-16,21-22,24H,5-7,9-13H2,1-4H3. The minimum Gasteiger partial charge on any atom is -0.396 e. The van der Waals surface area contributed by atoms with Crippen LogP contribution in [-0.2, 0) is 4.79 Å². The summed E-state index contributed by atoms with van der Waals surface area (Å²) in [5.74, 6) is -0.0894. The Morgan fingerprint density at radius 3 is 2.50 bits per heavy atom. The molecule has 0 heterocycles. The Balaban J connectivity index is 2.36. The van der Waals surface area contributed by atoms with E-state index in [9.17, 15) is 15.0 Å². The highest BCUT2D eigenvalue weighted by atomic mass is 16.3. The molecule has 5 atom stereocenters. The van der Waals surface area contributed by atoms with Crippen molar-refractivity contribution < 1.29 is 20.1 Å². The van der Waals surface area contributed by atoms with Gasteiger partial charge in [0.25, 0.3) is 0 Å². The first-order chi connectivity index (χ1) is 11.1. The Kier molecular flexibility index (Phi) is 5.63. The van der Waals surface area contributed by atoms with Gasteiger partial charge in [-0.1, -0.05) is 31.9 Å². The lowest BCUT2D eigenvalue weighted by Crippen LogP contribution is -2.62. The molecule has 0 bridgehead atoms. The molecule has 0 amide bonds. The molecule has 24 heavy (non-hydrogen) atoms. The van der Waals surface area contributed by atoms with Gasteiger partial charge in [0, 0.05) is 18.9 Å². The first kappa shape index (κ1) is 19.6. The van der Waals surface area contributed by atoms with Crippen LogP contribution in [0.15, 0.2) is 11.6 Å². The molecule has 2 rings (SSSR count). The van der Waals surface area contributed by atoms with Crippen LogP contribution in [-0.4, -0.2) is 39.9 Å². The minimum absolute atomic E-state index is 0.0221. The van der Waals surface area contributed by atoms with E-state index in [1.165, 1.54) is 0 Å². The van der Waals surface area contributed by atoms with Gasteiger partial charge in [0.05, 0.1) is 6.61 Å². The van der Waals surface area contributed by atoms with Gasteiger partial charge in [-0.25, -0.2) is 0 Å². The lowest BCUT2D eigenvalue weighted by molar-refractivity contribution is -0.187. The van der Waals surface area contributed by atoms with Crippen molar-refractivity contribution in [1.82, 2.24) is 0 Å². The van der Waals surface area contributed by atoms with Crippen LogP contribution in [0.5, 0.6) is 0 Å². The summed E-state index contributed by atoms with van der Waals surface area (Å²) < 4.78 is 0. The van der Waals surface area contributed by atoms with Crippen molar-refractivity contribution in [2.75, 3.05) is 13.2 Å². The maximum absolute atomic E-state index is 12.7. The van der Waals surface area contributed by atoms with Gasteiger partial charge in [0.15, 0.2) is 5.78 Å². The van der Waals surface area contributed by atoms with E-state index in [0.29, 0.717) is 6.42 Å². The Bertz CT molecular complexity index is 510. The summed E-state index contributed by atoms with van der Waals surface area (Å²) in [4.78, 5) is 12.7. The topological polar surface area (TPSA) is 77.8 Å². The fourth-order valence-corrected chi connectivity index (χ4v) is 5.57. The van der Waals surface area contributed by atoms with E-state index in [0.717, 1.165) is 37.7 Å². The molecule has 0 aromatic carbocycles. The molecule has 0 aromatic rings. The second kappa shape index (κ2) is 6.89. The van der Waals surface area contributed by atoms with Crippen LogP contribution >= 0.6 is 0 Å². The smallest absolute Gasteiger partial charge is 0.164 e. The summed E-state index contributed by atoms with van der Waals surface area (Å²) >= 11 is 0. The second-order valence-electron chi connectivity index (χ2n) is 8.82. The molecule has 0 radical (unpaired) electrons. The van der Waals surface area contributed by atoms with E-state index < -0.39 is 5.60 Å². The van der Waals surface area contributed by atoms with Crippen molar-refractivity contribution >= 4 is 5.78 Å². The number of hydrogen-bond donors (Lipinski definition) is 3. The zero-order valence-corrected chi connectivity index (χ0v) is 15.6. The summed E-state index contributed by atoms with van der Waals surface area (Å²) in [6, 6.07) is 0. The van der Waals surface area contributed by atoms with Crippen molar-refractivity contribution in [1.29, 1.82) is 0 Å². The van der Waals surface area contributed by atoms with Gasteiger partial charge < -0.3 is 15.3 Å². The first-order valence-corrected chi connectivity index (χ1v) is 9.25. The average Bonchev–Trinajstić information content (AvgIpc) is 2.50. The molecule has 138 valence electrons. The van der Waals surface area contributed by atoms with Gasteiger partial charge in [-0.3, -0.25) is 4.79 Å². The number of ketones is 1. The van der Waals surface area contributed by atoms with E-state index in [1.807, 2.05) is 6.92 Å². The number of rotatable bonds is 5. The molecule has 0 saturated heterocycles. The van der Waals surface area contributed by atoms with Gasteiger partial charge in [-0.05, 0) is 56.3 Å². The maximum Gasteiger partial charge on any atom is 0.164 e. The molecule has 0 spiro atoms. The lowest BCUT2D eigenvalue weighted by Gasteiger charge is -2.60. The van der Waals surface area contributed by atoms with E-state index in [1.54, 1.807) is 13.0 Å². The molecule has 4 heteroatoms.